The summed E-state index contributed by atoms with van der Waals surface area (Å²) in [5.74, 6) is 1.65. The first-order valence-corrected chi connectivity index (χ1v) is 7.13. The van der Waals surface area contributed by atoms with Crippen LogP contribution in [-0.2, 0) is 6.42 Å². The Kier molecular flexibility index (Phi) is 4.87. The monoisotopic (exact) mass is 251 g/mol. The molecule has 2 atom stereocenters. The van der Waals surface area contributed by atoms with E-state index in [1.165, 1.54) is 31.4 Å². The van der Waals surface area contributed by atoms with Crippen LogP contribution in [0, 0.1) is 11.8 Å². The third-order valence-electron chi connectivity index (χ3n) is 3.91. The molecular weight excluding hydrogens is 230 g/mol. The van der Waals surface area contributed by atoms with Crippen LogP contribution in [-0.4, -0.2) is 13.1 Å². The molecule has 0 saturated heterocycles. The zero-order valence-corrected chi connectivity index (χ0v) is 11.3. The van der Waals surface area contributed by atoms with Crippen LogP contribution in [0.15, 0.2) is 24.3 Å². The highest BCUT2D eigenvalue weighted by Crippen LogP contribution is 2.35. The van der Waals surface area contributed by atoms with Gasteiger partial charge in [-0.3, -0.25) is 0 Å². The van der Waals surface area contributed by atoms with Crippen molar-refractivity contribution in [3.8, 4) is 0 Å². The Morgan fingerprint density at radius 2 is 2.00 bits per heavy atom. The second kappa shape index (κ2) is 6.42. The molecule has 0 heterocycles. The molecule has 1 aromatic rings. The minimum Gasteiger partial charge on any atom is -0.317 e. The van der Waals surface area contributed by atoms with Gasteiger partial charge in [-0.05, 0) is 55.8 Å². The molecule has 0 bridgehead atoms. The highest BCUT2D eigenvalue weighted by Gasteiger charge is 2.27. The molecule has 1 aliphatic carbocycles. The predicted molar refractivity (Wildman–Crippen MR) is 74.5 cm³/mol. The molecule has 1 fully saturated rings. The van der Waals surface area contributed by atoms with Gasteiger partial charge in [0.1, 0.15) is 0 Å². The zero-order valence-electron chi connectivity index (χ0n) is 10.6. The van der Waals surface area contributed by atoms with E-state index >= 15 is 0 Å². The zero-order chi connectivity index (χ0) is 12.1. The molecule has 1 saturated carbocycles. The molecule has 1 aliphatic rings. The fourth-order valence-corrected chi connectivity index (χ4v) is 3.14. The number of rotatable bonds is 5. The highest BCUT2D eigenvalue weighted by atomic mass is 35.5. The Hall–Kier alpha value is -0.530. The van der Waals surface area contributed by atoms with E-state index in [1.807, 2.05) is 12.1 Å². The minimum absolute atomic E-state index is 0.814. The molecule has 0 aliphatic heterocycles. The van der Waals surface area contributed by atoms with Gasteiger partial charge in [0.05, 0.1) is 0 Å². The van der Waals surface area contributed by atoms with E-state index in [-0.39, 0.29) is 0 Å². The van der Waals surface area contributed by atoms with Gasteiger partial charge >= 0.3 is 0 Å². The van der Waals surface area contributed by atoms with Gasteiger partial charge in [-0.2, -0.15) is 0 Å². The van der Waals surface area contributed by atoms with E-state index in [1.54, 1.807) is 0 Å². The fourth-order valence-electron chi connectivity index (χ4n) is 2.93. The van der Waals surface area contributed by atoms with Gasteiger partial charge in [0.2, 0.25) is 0 Å². The van der Waals surface area contributed by atoms with Crippen molar-refractivity contribution in [2.75, 3.05) is 13.1 Å². The summed E-state index contributed by atoms with van der Waals surface area (Å²) in [6, 6.07) is 8.28. The lowest BCUT2D eigenvalue weighted by Crippen LogP contribution is -2.26. The maximum Gasteiger partial charge on any atom is 0.0438 e. The molecule has 17 heavy (non-hydrogen) atoms. The number of benzene rings is 1. The molecular formula is C15H22ClN. The van der Waals surface area contributed by atoms with E-state index in [0.717, 1.165) is 29.8 Å². The summed E-state index contributed by atoms with van der Waals surface area (Å²) in [5, 5.41) is 4.42. The van der Waals surface area contributed by atoms with Crippen molar-refractivity contribution < 1.29 is 0 Å². The quantitative estimate of drug-likeness (QED) is 0.837. The number of hydrogen-bond acceptors (Lipinski definition) is 1. The normalized spacial score (nSPS) is 24.1. The molecule has 2 rings (SSSR count). The van der Waals surface area contributed by atoms with Gasteiger partial charge in [-0.15, -0.1) is 0 Å². The standard InChI is InChI=1S/C15H22ClN/c1-2-17-11-14-8-5-7-12(14)10-13-6-3-4-9-15(13)16/h3-4,6,9,12,14,17H,2,5,7-8,10-11H2,1H3. The minimum atomic E-state index is 0.814. The summed E-state index contributed by atoms with van der Waals surface area (Å²) in [4.78, 5) is 0. The Bertz CT molecular complexity index is 351. The third kappa shape index (κ3) is 3.46. The van der Waals surface area contributed by atoms with E-state index in [9.17, 15) is 0 Å². The number of halogens is 1. The largest absolute Gasteiger partial charge is 0.317 e. The van der Waals surface area contributed by atoms with Crippen molar-refractivity contribution in [1.29, 1.82) is 0 Å². The lowest BCUT2D eigenvalue weighted by molar-refractivity contribution is 0.368. The Labute approximate surface area is 110 Å². The average Bonchev–Trinajstić information content (AvgIpc) is 2.77. The SMILES string of the molecule is CCNCC1CCCC1Cc1ccccc1Cl. The maximum atomic E-state index is 6.24. The first kappa shape index (κ1) is 12.9. The van der Waals surface area contributed by atoms with Gasteiger partial charge in [0.15, 0.2) is 0 Å². The molecule has 1 N–H and O–H groups in total. The third-order valence-corrected chi connectivity index (χ3v) is 4.28. The second-order valence-electron chi connectivity index (χ2n) is 5.05. The lowest BCUT2D eigenvalue weighted by Gasteiger charge is -2.20. The summed E-state index contributed by atoms with van der Waals surface area (Å²) in [7, 11) is 0. The van der Waals surface area contributed by atoms with Crippen molar-refractivity contribution in [2.24, 2.45) is 11.8 Å². The van der Waals surface area contributed by atoms with Crippen LogP contribution in [0.5, 0.6) is 0 Å². The maximum absolute atomic E-state index is 6.24. The van der Waals surface area contributed by atoms with E-state index in [2.05, 4.69) is 24.4 Å². The number of nitrogens with one attached hydrogen (secondary N) is 1. The van der Waals surface area contributed by atoms with Crippen molar-refractivity contribution in [2.45, 2.75) is 32.6 Å². The smallest absolute Gasteiger partial charge is 0.0438 e. The van der Waals surface area contributed by atoms with Gasteiger partial charge in [-0.1, -0.05) is 43.1 Å². The van der Waals surface area contributed by atoms with Crippen molar-refractivity contribution >= 4 is 11.6 Å². The van der Waals surface area contributed by atoms with Crippen LogP contribution in [0.3, 0.4) is 0 Å². The molecule has 0 spiro atoms. The van der Waals surface area contributed by atoms with Crippen LogP contribution in [0.1, 0.15) is 31.7 Å². The van der Waals surface area contributed by atoms with E-state index in [0.29, 0.717) is 0 Å². The van der Waals surface area contributed by atoms with Gasteiger partial charge in [-0.25, -0.2) is 0 Å². The average molecular weight is 252 g/mol. The highest BCUT2D eigenvalue weighted by molar-refractivity contribution is 6.31. The second-order valence-corrected chi connectivity index (χ2v) is 5.46. The Morgan fingerprint density at radius 3 is 2.76 bits per heavy atom. The van der Waals surface area contributed by atoms with Crippen LogP contribution in [0.2, 0.25) is 5.02 Å². The first-order valence-electron chi connectivity index (χ1n) is 6.75. The Balaban J connectivity index is 1.95. The summed E-state index contributed by atoms with van der Waals surface area (Å²) in [6.07, 6.45) is 5.27. The fraction of sp³-hybridized carbons (Fsp3) is 0.600. The first-order chi connectivity index (χ1) is 8.31. The van der Waals surface area contributed by atoms with Crippen LogP contribution >= 0.6 is 11.6 Å². The summed E-state index contributed by atoms with van der Waals surface area (Å²) in [6.45, 7) is 4.43. The molecule has 0 radical (unpaired) electrons. The molecule has 2 unspecified atom stereocenters. The molecule has 1 nitrogen and oxygen atoms in total. The Morgan fingerprint density at radius 1 is 1.24 bits per heavy atom. The molecule has 94 valence electrons. The summed E-state index contributed by atoms with van der Waals surface area (Å²) < 4.78 is 0. The van der Waals surface area contributed by atoms with Crippen molar-refractivity contribution in [1.82, 2.24) is 5.32 Å². The van der Waals surface area contributed by atoms with Gasteiger partial charge in [0.25, 0.3) is 0 Å². The molecule has 0 aromatic heterocycles. The van der Waals surface area contributed by atoms with Crippen LogP contribution in [0.4, 0.5) is 0 Å². The van der Waals surface area contributed by atoms with Crippen molar-refractivity contribution in [3.63, 3.8) is 0 Å². The summed E-state index contributed by atoms with van der Waals surface area (Å²) >= 11 is 6.24. The van der Waals surface area contributed by atoms with Gasteiger partial charge in [0, 0.05) is 5.02 Å². The number of hydrogen-bond donors (Lipinski definition) is 1. The van der Waals surface area contributed by atoms with Crippen molar-refractivity contribution in [3.05, 3.63) is 34.9 Å². The topological polar surface area (TPSA) is 12.0 Å². The van der Waals surface area contributed by atoms with E-state index < -0.39 is 0 Å². The van der Waals surface area contributed by atoms with E-state index in [4.69, 9.17) is 11.6 Å². The molecule has 1 aromatic carbocycles. The van der Waals surface area contributed by atoms with Crippen LogP contribution in [0.25, 0.3) is 0 Å². The van der Waals surface area contributed by atoms with Gasteiger partial charge < -0.3 is 5.32 Å². The van der Waals surface area contributed by atoms with Crippen LogP contribution < -0.4 is 5.32 Å². The molecule has 0 amide bonds. The predicted octanol–water partition coefficient (Wildman–Crippen LogP) is 3.91. The summed E-state index contributed by atoms with van der Waals surface area (Å²) in [5.41, 5.74) is 1.32. The lowest BCUT2D eigenvalue weighted by atomic mass is 9.89. The molecule has 2 heteroatoms.